The average molecular weight is 615 g/mol. The fraction of sp³-hybridized carbons (Fsp3) is 0.639. The van der Waals surface area contributed by atoms with Crippen LogP contribution in [0.1, 0.15) is 72.9 Å². The molecule has 0 aliphatic rings. The zero-order chi connectivity index (χ0) is 32.4. The Bertz CT molecular complexity index is 1080. The Balaban J connectivity index is 2.10. The SMILES string of the molecule is COc1ccc(CO[C@H](C(C)C)[C@@H](C)[C@@H](O)CC(=O)[C@@H](C)[C@H](O[Si](C)(C)C(C)(C)C)[C@H](C)COCc2ccccc2)cc1. The van der Waals surface area contributed by atoms with Gasteiger partial charge in [0.25, 0.3) is 0 Å². The van der Waals surface area contributed by atoms with Crippen LogP contribution in [0, 0.1) is 23.7 Å². The van der Waals surface area contributed by atoms with E-state index in [0.29, 0.717) is 19.8 Å². The van der Waals surface area contributed by atoms with Crippen molar-refractivity contribution in [3.63, 3.8) is 0 Å². The maximum atomic E-state index is 13.7. The Hall–Kier alpha value is -2.03. The van der Waals surface area contributed by atoms with E-state index in [1.807, 2.05) is 68.4 Å². The number of hydrogen-bond acceptors (Lipinski definition) is 6. The summed E-state index contributed by atoms with van der Waals surface area (Å²) in [5, 5.41) is 11.3. The predicted molar refractivity (Wildman–Crippen MR) is 178 cm³/mol. The van der Waals surface area contributed by atoms with Crippen LogP contribution < -0.4 is 4.74 Å². The van der Waals surface area contributed by atoms with E-state index in [9.17, 15) is 9.90 Å². The number of carbonyl (C=O) groups is 1. The first-order chi connectivity index (χ1) is 20.1. The lowest BCUT2D eigenvalue weighted by Gasteiger charge is -2.42. The van der Waals surface area contributed by atoms with Crippen molar-refractivity contribution in [2.75, 3.05) is 13.7 Å². The van der Waals surface area contributed by atoms with Crippen LogP contribution in [0.25, 0.3) is 0 Å². The first-order valence-corrected chi connectivity index (χ1v) is 18.7. The van der Waals surface area contributed by atoms with Gasteiger partial charge in [-0.2, -0.15) is 0 Å². The fourth-order valence-corrected chi connectivity index (χ4v) is 6.58. The van der Waals surface area contributed by atoms with Crippen LogP contribution in [0.3, 0.4) is 0 Å². The van der Waals surface area contributed by atoms with Crippen molar-refractivity contribution in [1.82, 2.24) is 0 Å². The molecular weight excluding hydrogens is 556 g/mol. The van der Waals surface area contributed by atoms with E-state index in [0.717, 1.165) is 16.9 Å². The number of ketones is 1. The van der Waals surface area contributed by atoms with Gasteiger partial charge in [0.05, 0.1) is 45.2 Å². The summed E-state index contributed by atoms with van der Waals surface area (Å²) >= 11 is 0. The molecule has 0 heterocycles. The number of rotatable bonds is 18. The van der Waals surface area contributed by atoms with E-state index < -0.39 is 14.4 Å². The first-order valence-electron chi connectivity index (χ1n) is 15.8. The third kappa shape index (κ3) is 11.4. The van der Waals surface area contributed by atoms with Gasteiger partial charge in [-0.25, -0.2) is 0 Å². The van der Waals surface area contributed by atoms with Crippen LogP contribution in [0.5, 0.6) is 5.75 Å². The minimum Gasteiger partial charge on any atom is -0.497 e. The number of ether oxygens (including phenoxy) is 3. The molecule has 43 heavy (non-hydrogen) atoms. The minimum atomic E-state index is -2.18. The van der Waals surface area contributed by atoms with Crippen molar-refractivity contribution in [3.05, 3.63) is 65.7 Å². The van der Waals surface area contributed by atoms with Gasteiger partial charge >= 0.3 is 0 Å². The van der Waals surface area contributed by atoms with Crippen molar-refractivity contribution in [1.29, 1.82) is 0 Å². The quantitative estimate of drug-likeness (QED) is 0.171. The van der Waals surface area contributed by atoms with E-state index in [-0.39, 0.29) is 53.1 Å². The summed E-state index contributed by atoms with van der Waals surface area (Å²) < 4.78 is 24.6. The number of aliphatic hydroxyl groups is 1. The zero-order valence-corrected chi connectivity index (χ0v) is 29.6. The summed E-state index contributed by atoms with van der Waals surface area (Å²) in [6.07, 6.45) is -1.27. The van der Waals surface area contributed by atoms with Crippen LogP contribution in [-0.2, 0) is 31.9 Å². The molecule has 0 spiro atoms. The zero-order valence-electron chi connectivity index (χ0n) is 28.6. The molecule has 0 aromatic heterocycles. The van der Waals surface area contributed by atoms with E-state index >= 15 is 0 Å². The summed E-state index contributed by atoms with van der Waals surface area (Å²) in [5.41, 5.74) is 2.15. The van der Waals surface area contributed by atoms with E-state index in [4.69, 9.17) is 18.6 Å². The Labute approximate surface area is 262 Å². The molecule has 2 rings (SSSR count). The van der Waals surface area contributed by atoms with Crippen LogP contribution in [-0.4, -0.2) is 51.2 Å². The molecule has 0 fully saturated rings. The molecule has 2 aromatic rings. The topological polar surface area (TPSA) is 74.2 Å². The molecule has 0 amide bonds. The third-order valence-corrected chi connectivity index (χ3v) is 13.6. The second-order valence-corrected chi connectivity index (χ2v) is 18.8. The molecule has 242 valence electrons. The normalized spacial score (nSPS) is 16.8. The number of aliphatic hydroxyl groups excluding tert-OH is 1. The highest BCUT2D eigenvalue weighted by Gasteiger charge is 2.43. The average Bonchev–Trinajstić information content (AvgIpc) is 2.95. The molecule has 2 aromatic carbocycles. The van der Waals surface area contributed by atoms with E-state index in [1.54, 1.807) is 7.11 Å². The summed E-state index contributed by atoms with van der Waals surface area (Å²) in [6.45, 7) is 22.7. The van der Waals surface area contributed by atoms with Gasteiger partial charge in [0.2, 0.25) is 0 Å². The van der Waals surface area contributed by atoms with Gasteiger partial charge in [0.15, 0.2) is 8.32 Å². The number of benzene rings is 2. The van der Waals surface area contributed by atoms with Gasteiger partial charge in [0, 0.05) is 24.2 Å². The molecule has 1 N–H and O–H groups in total. The van der Waals surface area contributed by atoms with Gasteiger partial charge < -0.3 is 23.7 Å². The van der Waals surface area contributed by atoms with Crippen molar-refractivity contribution in [2.24, 2.45) is 23.7 Å². The fourth-order valence-electron chi connectivity index (χ4n) is 5.11. The molecular formula is C36H58O6Si. The van der Waals surface area contributed by atoms with E-state index in [1.165, 1.54) is 0 Å². The van der Waals surface area contributed by atoms with Crippen molar-refractivity contribution < 1.29 is 28.5 Å². The van der Waals surface area contributed by atoms with Crippen molar-refractivity contribution in [2.45, 2.75) is 111 Å². The standard InChI is InChI=1S/C36H58O6Si/c1-25(2)34(41-24-30-17-19-31(39-9)20-18-30)27(4)32(37)21-33(38)28(5)35(42-43(10,11)36(6,7)8)26(3)22-40-23-29-15-13-12-14-16-29/h12-20,25-28,32,34-35,37H,21-24H2,1-11H3/t26-,27+,28-,32+,34-,35-/m1/s1. The first kappa shape index (κ1) is 37.2. The Morgan fingerprint density at radius 3 is 1.98 bits per heavy atom. The molecule has 0 radical (unpaired) electrons. The third-order valence-electron chi connectivity index (χ3n) is 9.08. The molecule has 6 atom stereocenters. The second-order valence-electron chi connectivity index (χ2n) is 14.1. The van der Waals surface area contributed by atoms with E-state index in [2.05, 4.69) is 54.6 Å². The maximum absolute atomic E-state index is 13.7. The van der Waals surface area contributed by atoms with Crippen LogP contribution in [0.15, 0.2) is 54.6 Å². The summed E-state index contributed by atoms with van der Waals surface area (Å²) in [4.78, 5) is 13.7. The monoisotopic (exact) mass is 614 g/mol. The summed E-state index contributed by atoms with van der Waals surface area (Å²) in [5.74, 6) is 0.378. The molecule has 6 nitrogen and oxygen atoms in total. The lowest BCUT2D eigenvalue weighted by Crippen LogP contribution is -2.49. The van der Waals surface area contributed by atoms with Crippen molar-refractivity contribution >= 4 is 14.1 Å². The van der Waals surface area contributed by atoms with Crippen LogP contribution in [0.2, 0.25) is 18.1 Å². The minimum absolute atomic E-state index is 0.00162. The molecule has 0 bridgehead atoms. The summed E-state index contributed by atoms with van der Waals surface area (Å²) in [7, 11) is -0.538. The smallest absolute Gasteiger partial charge is 0.192 e. The van der Waals surface area contributed by atoms with Crippen molar-refractivity contribution in [3.8, 4) is 5.75 Å². The Morgan fingerprint density at radius 2 is 1.44 bits per heavy atom. The molecule has 0 aliphatic heterocycles. The molecule has 0 saturated carbocycles. The number of hydrogen-bond donors (Lipinski definition) is 1. The molecule has 0 aliphatic carbocycles. The highest BCUT2D eigenvalue weighted by Crippen LogP contribution is 2.39. The predicted octanol–water partition coefficient (Wildman–Crippen LogP) is 8.07. The lowest BCUT2D eigenvalue weighted by atomic mass is 9.84. The Morgan fingerprint density at radius 1 is 0.860 bits per heavy atom. The van der Waals surface area contributed by atoms with Gasteiger partial charge in [0.1, 0.15) is 11.5 Å². The largest absolute Gasteiger partial charge is 0.497 e. The van der Waals surface area contributed by atoms with Gasteiger partial charge in [-0.1, -0.05) is 97.9 Å². The summed E-state index contributed by atoms with van der Waals surface area (Å²) in [6, 6.07) is 17.9. The molecule has 0 saturated heterocycles. The van der Waals surface area contributed by atoms with Gasteiger partial charge in [-0.3, -0.25) is 4.79 Å². The highest BCUT2D eigenvalue weighted by molar-refractivity contribution is 6.74. The second kappa shape index (κ2) is 16.9. The molecule has 7 heteroatoms. The van der Waals surface area contributed by atoms with Gasteiger partial charge in [-0.05, 0) is 47.3 Å². The maximum Gasteiger partial charge on any atom is 0.192 e. The number of carbonyl (C=O) groups excluding carboxylic acids is 1. The number of Topliss-reactive ketones (excluding diaryl/α,β-unsaturated/α-hetero) is 1. The highest BCUT2D eigenvalue weighted by atomic mass is 28.4. The van der Waals surface area contributed by atoms with Gasteiger partial charge in [-0.15, -0.1) is 0 Å². The molecule has 0 unspecified atom stereocenters. The lowest BCUT2D eigenvalue weighted by molar-refractivity contribution is -0.131. The number of methoxy groups -OCH3 is 1. The van der Waals surface area contributed by atoms with Crippen LogP contribution >= 0.6 is 0 Å². The Kier molecular flexibility index (Phi) is 14.6. The van der Waals surface area contributed by atoms with Crippen LogP contribution in [0.4, 0.5) is 0 Å².